The van der Waals surface area contributed by atoms with Crippen molar-refractivity contribution < 1.29 is 18.7 Å². The van der Waals surface area contributed by atoms with Gasteiger partial charge < -0.3 is 20.3 Å². The molecule has 2 amide bonds. The highest BCUT2D eigenvalue weighted by atomic mass is 19.1. The molecule has 33 heavy (non-hydrogen) atoms. The standard InChI is InChI=1S/C26H32FN3O3/c1-16-5-4-6-19(17(16)2)15-30(20-8-9-20)26(32)21-14-28-12-11-23(21)29-25(31)18-7-10-24(33-3)22(27)13-18/h4-7,10,13,20-21,23,28H,8-9,11-12,14-15H2,1-3H3,(H,29,31). The summed E-state index contributed by atoms with van der Waals surface area (Å²) in [6.07, 6.45) is 2.67. The molecule has 2 aromatic carbocycles. The van der Waals surface area contributed by atoms with Gasteiger partial charge in [-0.3, -0.25) is 9.59 Å². The maximum absolute atomic E-state index is 14.1. The second-order valence-electron chi connectivity index (χ2n) is 9.08. The van der Waals surface area contributed by atoms with Crippen LogP contribution in [0, 0.1) is 25.6 Å². The van der Waals surface area contributed by atoms with Gasteiger partial charge in [0.05, 0.1) is 13.0 Å². The Morgan fingerprint density at radius 1 is 1.18 bits per heavy atom. The third-order valence-corrected chi connectivity index (χ3v) is 6.86. The summed E-state index contributed by atoms with van der Waals surface area (Å²) in [6, 6.07) is 10.3. The van der Waals surface area contributed by atoms with Gasteiger partial charge in [0.2, 0.25) is 5.91 Å². The molecule has 2 unspecified atom stereocenters. The van der Waals surface area contributed by atoms with Crippen LogP contribution in [0.3, 0.4) is 0 Å². The maximum Gasteiger partial charge on any atom is 0.251 e. The third-order valence-electron chi connectivity index (χ3n) is 6.86. The Morgan fingerprint density at radius 2 is 1.97 bits per heavy atom. The van der Waals surface area contributed by atoms with Crippen LogP contribution in [-0.4, -0.2) is 49.0 Å². The zero-order valence-corrected chi connectivity index (χ0v) is 19.5. The Hall–Kier alpha value is -2.93. The van der Waals surface area contributed by atoms with E-state index in [0.29, 0.717) is 26.1 Å². The number of methoxy groups -OCH3 is 1. The van der Waals surface area contributed by atoms with E-state index < -0.39 is 5.82 Å². The zero-order chi connectivity index (χ0) is 23.5. The van der Waals surface area contributed by atoms with Crippen molar-refractivity contribution in [1.29, 1.82) is 0 Å². The number of ether oxygens (including phenoxy) is 1. The molecule has 0 spiro atoms. The van der Waals surface area contributed by atoms with Gasteiger partial charge in [-0.15, -0.1) is 0 Å². The number of carbonyl (C=O) groups is 2. The molecule has 1 saturated heterocycles. The fraction of sp³-hybridized carbons (Fsp3) is 0.462. The van der Waals surface area contributed by atoms with Gasteiger partial charge in [0.15, 0.2) is 11.6 Å². The minimum atomic E-state index is -0.587. The van der Waals surface area contributed by atoms with Crippen LogP contribution in [0.5, 0.6) is 5.75 Å². The molecular formula is C26H32FN3O3. The Labute approximate surface area is 194 Å². The minimum Gasteiger partial charge on any atom is -0.494 e. The number of nitrogens with zero attached hydrogens (tertiary/aromatic N) is 1. The lowest BCUT2D eigenvalue weighted by atomic mass is 9.91. The second kappa shape index (κ2) is 9.91. The lowest BCUT2D eigenvalue weighted by Crippen LogP contribution is -2.55. The molecule has 2 N–H and O–H groups in total. The fourth-order valence-electron chi connectivity index (χ4n) is 4.50. The molecule has 0 aromatic heterocycles. The number of piperidine rings is 1. The molecule has 4 rings (SSSR count). The van der Waals surface area contributed by atoms with Crippen LogP contribution in [0.4, 0.5) is 4.39 Å². The minimum absolute atomic E-state index is 0.0665. The Balaban J connectivity index is 1.50. The fourth-order valence-corrected chi connectivity index (χ4v) is 4.50. The highest BCUT2D eigenvalue weighted by Crippen LogP contribution is 2.32. The summed E-state index contributed by atoms with van der Waals surface area (Å²) < 4.78 is 19.0. The summed E-state index contributed by atoms with van der Waals surface area (Å²) in [6.45, 7) is 5.99. The number of nitrogens with one attached hydrogen (secondary N) is 2. The van der Waals surface area contributed by atoms with E-state index in [1.165, 1.54) is 36.4 Å². The Kier molecular flexibility index (Phi) is 6.98. The van der Waals surface area contributed by atoms with Crippen molar-refractivity contribution in [2.24, 2.45) is 5.92 Å². The highest BCUT2D eigenvalue weighted by Gasteiger charge is 2.40. The molecule has 0 bridgehead atoms. The lowest BCUT2D eigenvalue weighted by molar-refractivity contribution is -0.138. The van der Waals surface area contributed by atoms with E-state index in [1.807, 2.05) is 11.0 Å². The first-order chi connectivity index (χ1) is 15.9. The number of hydrogen-bond acceptors (Lipinski definition) is 4. The van der Waals surface area contributed by atoms with Crippen molar-refractivity contribution in [2.75, 3.05) is 20.2 Å². The molecule has 1 aliphatic carbocycles. The second-order valence-corrected chi connectivity index (χ2v) is 9.08. The van der Waals surface area contributed by atoms with E-state index in [9.17, 15) is 14.0 Å². The molecule has 1 heterocycles. The van der Waals surface area contributed by atoms with Crippen LogP contribution in [0.15, 0.2) is 36.4 Å². The van der Waals surface area contributed by atoms with E-state index in [2.05, 4.69) is 36.6 Å². The van der Waals surface area contributed by atoms with Crippen molar-refractivity contribution >= 4 is 11.8 Å². The van der Waals surface area contributed by atoms with Crippen molar-refractivity contribution in [3.8, 4) is 5.75 Å². The van der Waals surface area contributed by atoms with Gasteiger partial charge in [-0.1, -0.05) is 18.2 Å². The molecule has 2 aliphatic rings. The zero-order valence-electron chi connectivity index (χ0n) is 19.5. The van der Waals surface area contributed by atoms with Crippen LogP contribution in [0.1, 0.15) is 46.3 Å². The molecule has 176 valence electrons. The largest absolute Gasteiger partial charge is 0.494 e. The normalized spacial score (nSPS) is 20.2. The first kappa shape index (κ1) is 23.2. The highest BCUT2D eigenvalue weighted by molar-refractivity contribution is 5.95. The van der Waals surface area contributed by atoms with Gasteiger partial charge >= 0.3 is 0 Å². The van der Waals surface area contributed by atoms with Gasteiger partial charge in [-0.25, -0.2) is 4.39 Å². The molecule has 0 radical (unpaired) electrons. The van der Waals surface area contributed by atoms with Crippen molar-refractivity contribution in [3.63, 3.8) is 0 Å². The number of rotatable bonds is 7. The van der Waals surface area contributed by atoms with Gasteiger partial charge in [0, 0.05) is 30.7 Å². The Morgan fingerprint density at radius 3 is 2.67 bits per heavy atom. The number of carbonyl (C=O) groups excluding carboxylic acids is 2. The van der Waals surface area contributed by atoms with Crippen LogP contribution >= 0.6 is 0 Å². The summed E-state index contributed by atoms with van der Waals surface area (Å²) in [4.78, 5) is 28.6. The molecule has 1 saturated carbocycles. The first-order valence-electron chi connectivity index (χ1n) is 11.6. The van der Waals surface area contributed by atoms with Gasteiger partial charge in [0.1, 0.15) is 0 Å². The van der Waals surface area contributed by atoms with E-state index in [1.54, 1.807) is 0 Å². The monoisotopic (exact) mass is 453 g/mol. The Bertz CT molecular complexity index is 1040. The maximum atomic E-state index is 14.1. The molecular weight excluding hydrogens is 421 g/mol. The third kappa shape index (κ3) is 5.19. The molecule has 1 aliphatic heterocycles. The van der Waals surface area contributed by atoms with E-state index in [4.69, 9.17) is 4.74 Å². The number of halogens is 1. The SMILES string of the molecule is COc1ccc(C(=O)NC2CCNCC2C(=O)N(Cc2cccc(C)c2C)C2CC2)cc1F. The van der Waals surface area contributed by atoms with Crippen molar-refractivity contribution in [3.05, 3.63) is 64.5 Å². The quantitative estimate of drug-likeness (QED) is 0.675. The van der Waals surface area contributed by atoms with Crippen LogP contribution in [-0.2, 0) is 11.3 Å². The summed E-state index contributed by atoms with van der Waals surface area (Å²) >= 11 is 0. The smallest absolute Gasteiger partial charge is 0.251 e. The van der Waals surface area contributed by atoms with E-state index >= 15 is 0 Å². The van der Waals surface area contributed by atoms with Crippen LogP contribution in [0.25, 0.3) is 0 Å². The van der Waals surface area contributed by atoms with Crippen LogP contribution in [0.2, 0.25) is 0 Å². The van der Waals surface area contributed by atoms with Crippen molar-refractivity contribution in [1.82, 2.24) is 15.5 Å². The van der Waals surface area contributed by atoms with E-state index in [0.717, 1.165) is 18.4 Å². The number of benzene rings is 2. The molecule has 2 atom stereocenters. The number of aryl methyl sites for hydroxylation is 1. The molecule has 6 nitrogen and oxygen atoms in total. The molecule has 7 heteroatoms. The summed E-state index contributed by atoms with van der Waals surface area (Å²) in [5.74, 6) is -1.17. The van der Waals surface area contributed by atoms with E-state index in [-0.39, 0.29) is 41.1 Å². The average Bonchev–Trinajstić information content (AvgIpc) is 3.65. The first-order valence-corrected chi connectivity index (χ1v) is 11.6. The molecule has 2 aromatic rings. The van der Waals surface area contributed by atoms with Crippen LogP contribution < -0.4 is 15.4 Å². The lowest BCUT2D eigenvalue weighted by Gasteiger charge is -2.36. The topological polar surface area (TPSA) is 70.7 Å². The van der Waals surface area contributed by atoms with Gasteiger partial charge in [-0.2, -0.15) is 0 Å². The van der Waals surface area contributed by atoms with Crippen molar-refractivity contribution in [2.45, 2.75) is 51.7 Å². The van der Waals surface area contributed by atoms with Gasteiger partial charge in [0.25, 0.3) is 5.91 Å². The number of hydrogen-bond donors (Lipinski definition) is 2. The predicted octanol–water partition coefficient (Wildman–Crippen LogP) is 3.35. The number of amides is 2. The average molecular weight is 454 g/mol. The summed E-state index contributed by atoms with van der Waals surface area (Å²) in [7, 11) is 1.38. The summed E-state index contributed by atoms with van der Waals surface area (Å²) in [5.41, 5.74) is 3.80. The van der Waals surface area contributed by atoms with Gasteiger partial charge in [-0.05, 0) is 74.5 Å². The predicted molar refractivity (Wildman–Crippen MR) is 125 cm³/mol. The summed E-state index contributed by atoms with van der Waals surface area (Å²) in [5, 5.41) is 6.30. The molecule has 2 fully saturated rings.